The van der Waals surface area contributed by atoms with Crippen LogP contribution >= 0.6 is 24.0 Å². The number of ether oxygens (including phenoxy) is 1. The minimum atomic E-state index is -3.95. The molecule has 0 saturated carbocycles. The molecule has 0 unspecified atom stereocenters. The summed E-state index contributed by atoms with van der Waals surface area (Å²) in [5, 5.41) is 6.24. The van der Waals surface area contributed by atoms with Crippen LogP contribution < -0.4 is 19.1 Å². The Labute approximate surface area is 171 Å². The molecular formula is C14H23IN4O5S2. The van der Waals surface area contributed by atoms with Gasteiger partial charge in [-0.3, -0.25) is 4.99 Å². The van der Waals surface area contributed by atoms with Crippen molar-refractivity contribution in [1.29, 1.82) is 0 Å². The fraction of sp³-hybridized carbons (Fsp3) is 0.500. The number of anilines is 1. The summed E-state index contributed by atoms with van der Waals surface area (Å²) in [7, 11) is -7.89. The molecule has 1 aliphatic rings. The summed E-state index contributed by atoms with van der Waals surface area (Å²) in [6.07, 6.45) is 2.70. The number of guanidine groups is 1. The quantitative estimate of drug-likeness (QED) is 0.395. The number of benzene rings is 1. The van der Waals surface area contributed by atoms with Crippen molar-refractivity contribution < 1.29 is 21.6 Å². The van der Waals surface area contributed by atoms with E-state index in [-0.39, 0.29) is 29.7 Å². The summed E-state index contributed by atoms with van der Waals surface area (Å²) in [5.41, 5.74) is 0.0382. The Morgan fingerprint density at radius 3 is 2.27 bits per heavy atom. The Morgan fingerprint density at radius 2 is 1.77 bits per heavy atom. The average Bonchev–Trinajstić information content (AvgIpc) is 2.51. The lowest BCUT2D eigenvalue weighted by Crippen LogP contribution is -2.42. The highest BCUT2D eigenvalue weighted by Gasteiger charge is 2.27. The van der Waals surface area contributed by atoms with E-state index in [0.29, 0.717) is 22.6 Å². The molecule has 0 atom stereocenters. The molecule has 26 heavy (non-hydrogen) atoms. The van der Waals surface area contributed by atoms with Gasteiger partial charge in [-0.25, -0.2) is 16.8 Å². The fourth-order valence-corrected chi connectivity index (χ4v) is 5.26. The Morgan fingerprint density at radius 1 is 1.15 bits per heavy atom. The molecule has 1 aliphatic heterocycles. The first-order valence-corrected chi connectivity index (χ1v) is 11.3. The molecule has 148 valence electrons. The number of aliphatic imine (C=N–C) groups is 1. The summed E-state index contributed by atoms with van der Waals surface area (Å²) < 4.78 is 52.8. The van der Waals surface area contributed by atoms with Crippen LogP contribution in [-0.2, 0) is 20.0 Å². The molecule has 1 aromatic rings. The standard InChI is InChI=1S/C14H22N4O5S2.HI/c1-24(19,20)18(25(2,21)22)12-4-6-13(7-5-12)23-11-10-17-14-15-8-3-9-16-14;/h4-7H,3,8-11H2,1-2H3,(H2,15,16,17);1H. The van der Waals surface area contributed by atoms with Crippen LogP contribution in [0, 0.1) is 0 Å². The van der Waals surface area contributed by atoms with Crippen LogP contribution in [0.2, 0.25) is 0 Å². The van der Waals surface area contributed by atoms with Crippen LogP contribution in [0.3, 0.4) is 0 Å². The minimum absolute atomic E-state index is 0. The molecule has 2 N–H and O–H groups in total. The van der Waals surface area contributed by atoms with Crippen molar-refractivity contribution in [2.45, 2.75) is 6.42 Å². The number of hydrogen-bond donors (Lipinski definition) is 2. The van der Waals surface area contributed by atoms with Crippen molar-refractivity contribution in [2.75, 3.05) is 42.5 Å². The molecule has 0 fully saturated rings. The zero-order valence-electron chi connectivity index (χ0n) is 14.5. The second-order valence-corrected chi connectivity index (χ2v) is 9.40. The van der Waals surface area contributed by atoms with Gasteiger partial charge in [-0.05, 0) is 30.7 Å². The summed E-state index contributed by atoms with van der Waals surface area (Å²) in [5.74, 6) is 1.26. The Kier molecular flexibility index (Phi) is 8.40. The number of sulfonamides is 2. The first-order valence-electron chi connectivity index (χ1n) is 7.63. The van der Waals surface area contributed by atoms with E-state index in [9.17, 15) is 16.8 Å². The van der Waals surface area contributed by atoms with Crippen molar-refractivity contribution in [3.8, 4) is 5.75 Å². The van der Waals surface area contributed by atoms with Crippen molar-refractivity contribution in [1.82, 2.24) is 10.6 Å². The molecule has 2 rings (SSSR count). The molecule has 0 saturated heterocycles. The monoisotopic (exact) mass is 518 g/mol. The van der Waals surface area contributed by atoms with Gasteiger partial charge in [0.05, 0.1) is 24.7 Å². The van der Waals surface area contributed by atoms with Gasteiger partial charge in [0.15, 0.2) is 5.96 Å². The lowest BCUT2D eigenvalue weighted by molar-refractivity contribution is 0.321. The maximum absolute atomic E-state index is 11.7. The van der Waals surface area contributed by atoms with Gasteiger partial charge in [-0.2, -0.15) is 3.71 Å². The van der Waals surface area contributed by atoms with Gasteiger partial charge in [-0.1, -0.05) is 0 Å². The van der Waals surface area contributed by atoms with Gasteiger partial charge in [0.1, 0.15) is 12.4 Å². The fourth-order valence-electron chi connectivity index (χ4n) is 2.28. The Hall–Kier alpha value is -1.28. The van der Waals surface area contributed by atoms with Crippen LogP contribution in [0.25, 0.3) is 0 Å². The van der Waals surface area contributed by atoms with Crippen molar-refractivity contribution >= 4 is 55.7 Å². The normalized spacial score (nSPS) is 14.5. The maximum atomic E-state index is 11.7. The van der Waals surface area contributed by atoms with E-state index in [1.54, 1.807) is 0 Å². The molecular weight excluding hydrogens is 495 g/mol. The molecule has 0 amide bonds. The molecule has 0 spiro atoms. The molecule has 1 heterocycles. The summed E-state index contributed by atoms with van der Waals surface area (Å²) in [6, 6.07) is 5.82. The van der Waals surface area contributed by atoms with Crippen LogP contribution in [-0.4, -0.2) is 61.5 Å². The number of hydrogen-bond acceptors (Lipinski definition) is 8. The van der Waals surface area contributed by atoms with E-state index in [4.69, 9.17) is 4.74 Å². The largest absolute Gasteiger partial charge is 0.492 e. The van der Waals surface area contributed by atoms with E-state index in [1.165, 1.54) is 24.3 Å². The molecule has 9 nitrogen and oxygen atoms in total. The molecule has 12 heteroatoms. The van der Waals surface area contributed by atoms with Gasteiger partial charge in [0, 0.05) is 13.1 Å². The Bertz CT molecular complexity index is 793. The number of nitrogens with one attached hydrogen (secondary N) is 2. The van der Waals surface area contributed by atoms with Crippen molar-refractivity contribution in [3.63, 3.8) is 0 Å². The summed E-state index contributed by atoms with van der Waals surface area (Å²) >= 11 is 0. The van der Waals surface area contributed by atoms with E-state index in [2.05, 4.69) is 15.6 Å². The molecule has 0 radical (unpaired) electrons. The van der Waals surface area contributed by atoms with Gasteiger partial charge < -0.3 is 15.4 Å². The smallest absolute Gasteiger partial charge is 0.245 e. The number of nitrogens with zero attached hydrogens (tertiary/aromatic N) is 2. The SMILES string of the molecule is CS(=O)(=O)N(c1ccc(OCCNC2=NCCCN2)cc1)S(C)(=O)=O.I. The zero-order chi connectivity index (χ0) is 18.5. The first-order chi connectivity index (χ1) is 11.7. The van der Waals surface area contributed by atoms with Crippen LogP contribution in [0.15, 0.2) is 29.3 Å². The summed E-state index contributed by atoms with van der Waals surface area (Å²) in [6.45, 7) is 2.62. The predicted molar refractivity (Wildman–Crippen MR) is 112 cm³/mol. The van der Waals surface area contributed by atoms with Crippen LogP contribution in [0.4, 0.5) is 5.69 Å². The first kappa shape index (κ1) is 22.8. The number of rotatable bonds is 7. The zero-order valence-corrected chi connectivity index (χ0v) is 18.5. The number of halogens is 1. The third kappa shape index (κ3) is 6.79. The van der Waals surface area contributed by atoms with Crippen LogP contribution in [0.1, 0.15) is 6.42 Å². The van der Waals surface area contributed by atoms with E-state index in [0.717, 1.165) is 38.0 Å². The average molecular weight is 518 g/mol. The van der Waals surface area contributed by atoms with E-state index >= 15 is 0 Å². The lowest BCUT2D eigenvalue weighted by Gasteiger charge is -2.20. The van der Waals surface area contributed by atoms with Gasteiger partial charge in [0.25, 0.3) is 0 Å². The van der Waals surface area contributed by atoms with Gasteiger partial charge >= 0.3 is 0 Å². The second-order valence-electron chi connectivity index (χ2n) is 5.50. The maximum Gasteiger partial charge on any atom is 0.245 e. The summed E-state index contributed by atoms with van der Waals surface area (Å²) in [4.78, 5) is 4.27. The van der Waals surface area contributed by atoms with Crippen molar-refractivity contribution in [2.24, 2.45) is 4.99 Å². The van der Waals surface area contributed by atoms with E-state index in [1.807, 2.05) is 0 Å². The third-order valence-corrected chi connectivity index (χ3v) is 6.46. The molecule has 0 aromatic heterocycles. The second kappa shape index (κ2) is 9.60. The van der Waals surface area contributed by atoms with E-state index < -0.39 is 20.0 Å². The Balaban J connectivity index is 0.00000338. The predicted octanol–water partition coefficient (Wildman–Crippen LogP) is 0.348. The highest BCUT2D eigenvalue weighted by molar-refractivity contribution is 14.0. The molecule has 0 bridgehead atoms. The molecule has 1 aromatic carbocycles. The lowest BCUT2D eigenvalue weighted by atomic mass is 10.3. The van der Waals surface area contributed by atoms with Gasteiger partial charge in [-0.15, -0.1) is 24.0 Å². The van der Waals surface area contributed by atoms with Gasteiger partial charge in [0.2, 0.25) is 20.0 Å². The highest BCUT2D eigenvalue weighted by Crippen LogP contribution is 2.23. The van der Waals surface area contributed by atoms with Crippen LogP contribution in [0.5, 0.6) is 5.75 Å². The highest BCUT2D eigenvalue weighted by atomic mass is 127. The molecule has 0 aliphatic carbocycles. The minimum Gasteiger partial charge on any atom is -0.492 e. The topological polar surface area (TPSA) is 117 Å². The third-order valence-electron chi connectivity index (χ3n) is 3.21. The van der Waals surface area contributed by atoms with Crippen molar-refractivity contribution in [3.05, 3.63) is 24.3 Å².